The second-order valence-corrected chi connectivity index (χ2v) is 4.54. The molecule has 0 aromatic heterocycles. The van der Waals surface area contributed by atoms with Gasteiger partial charge in [-0.25, -0.2) is 0 Å². The van der Waals surface area contributed by atoms with E-state index in [0.717, 1.165) is 17.5 Å². The SMILES string of the molecule is CC(O)CCCC(=O)NCc1ccc(CN)cc1. The van der Waals surface area contributed by atoms with Crippen LogP contribution in [0.2, 0.25) is 0 Å². The van der Waals surface area contributed by atoms with Crippen molar-refractivity contribution in [1.29, 1.82) is 0 Å². The largest absolute Gasteiger partial charge is 0.393 e. The molecule has 0 aliphatic carbocycles. The van der Waals surface area contributed by atoms with Crippen LogP contribution in [-0.2, 0) is 17.9 Å². The first kappa shape index (κ1) is 14.7. The van der Waals surface area contributed by atoms with E-state index in [9.17, 15) is 4.79 Å². The summed E-state index contributed by atoms with van der Waals surface area (Å²) in [6.07, 6.45) is 1.52. The summed E-state index contributed by atoms with van der Waals surface area (Å²) < 4.78 is 0. The molecule has 4 nitrogen and oxygen atoms in total. The van der Waals surface area contributed by atoms with Crippen LogP contribution in [0, 0.1) is 0 Å². The maximum Gasteiger partial charge on any atom is 0.220 e. The lowest BCUT2D eigenvalue weighted by molar-refractivity contribution is -0.121. The summed E-state index contributed by atoms with van der Waals surface area (Å²) in [7, 11) is 0. The lowest BCUT2D eigenvalue weighted by Gasteiger charge is -2.07. The molecule has 4 N–H and O–H groups in total. The fourth-order valence-corrected chi connectivity index (χ4v) is 1.64. The Labute approximate surface area is 108 Å². The number of carbonyl (C=O) groups excluding carboxylic acids is 1. The highest BCUT2D eigenvalue weighted by Gasteiger charge is 2.03. The Morgan fingerprint density at radius 2 is 1.94 bits per heavy atom. The van der Waals surface area contributed by atoms with Gasteiger partial charge >= 0.3 is 0 Å². The second-order valence-electron chi connectivity index (χ2n) is 4.54. The lowest BCUT2D eigenvalue weighted by atomic mass is 10.1. The van der Waals surface area contributed by atoms with Crippen LogP contribution in [-0.4, -0.2) is 17.1 Å². The molecule has 1 amide bonds. The molecule has 0 fully saturated rings. The van der Waals surface area contributed by atoms with Crippen LogP contribution >= 0.6 is 0 Å². The van der Waals surface area contributed by atoms with E-state index in [2.05, 4.69) is 5.32 Å². The number of nitrogens with two attached hydrogens (primary N) is 1. The van der Waals surface area contributed by atoms with Crippen LogP contribution in [0.1, 0.15) is 37.3 Å². The maximum absolute atomic E-state index is 11.5. The van der Waals surface area contributed by atoms with E-state index in [0.29, 0.717) is 25.9 Å². The van der Waals surface area contributed by atoms with Crippen molar-refractivity contribution in [2.45, 2.75) is 45.4 Å². The fourth-order valence-electron chi connectivity index (χ4n) is 1.64. The maximum atomic E-state index is 11.5. The minimum absolute atomic E-state index is 0.0264. The Hall–Kier alpha value is -1.39. The van der Waals surface area contributed by atoms with Gasteiger partial charge in [0.1, 0.15) is 0 Å². The topological polar surface area (TPSA) is 75.3 Å². The van der Waals surface area contributed by atoms with Gasteiger partial charge in [0, 0.05) is 19.5 Å². The average Bonchev–Trinajstić information content (AvgIpc) is 2.36. The van der Waals surface area contributed by atoms with Crippen molar-refractivity contribution >= 4 is 5.91 Å². The summed E-state index contributed by atoms with van der Waals surface area (Å²) in [5.41, 5.74) is 7.66. The van der Waals surface area contributed by atoms with Gasteiger partial charge < -0.3 is 16.2 Å². The van der Waals surface area contributed by atoms with E-state index >= 15 is 0 Å². The molecule has 1 unspecified atom stereocenters. The number of hydrogen-bond donors (Lipinski definition) is 3. The molecule has 0 saturated carbocycles. The summed E-state index contributed by atoms with van der Waals surface area (Å²) in [6, 6.07) is 7.88. The number of aliphatic hydroxyl groups is 1. The Bertz CT molecular complexity index is 361. The number of nitrogens with one attached hydrogen (secondary N) is 1. The van der Waals surface area contributed by atoms with Crippen LogP contribution in [0.25, 0.3) is 0 Å². The molecule has 100 valence electrons. The summed E-state index contributed by atoms with van der Waals surface area (Å²) in [5.74, 6) is 0.0264. The number of benzene rings is 1. The van der Waals surface area contributed by atoms with E-state index in [1.54, 1.807) is 6.92 Å². The van der Waals surface area contributed by atoms with Crippen molar-refractivity contribution in [3.05, 3.63) is 35.4 Å². The average molecular weight is 250 g/mol. The second kappa shape index (κ2) is 7.84. The quantitative estimate of drug-likeness (QED) is 0.683. The number of hydrogen-bond acceptors (Lipinski definition) is 3. The van der Waals surface area contributed by atoms with E-state index in [1.807, 2.05) is 24.3 Å². The van der Waals surface area contributed by atoms with Crippen molar-refractivity contribution < 1.29 is 9.90 Å². The predicted molar refractivity (Wildman–Crippen MR) is 71.7 cm³/mol. The van der Waals surface area contributed by atoms with Crippen molar-refractivity contribution in [3.63, 3.8) is 0 Å². The fraction of sp³-hybridized carbons (Fsp3) is 0.500. The van der Waals surface area contributed by atoms with E-state index in [1.165, 1.54) is 0 Å². The third-order valence-corrected chi connectivity index (χ3v) is 2.77. The number of carbonyl (C=O) groups is 1. The van der Waals surface area contributed by atoms with Crippen molar-refractivity contribution in [1.82, 2.24) is 5.32 Å². The summed E-state index contributed by atoms with van der Waals surface area (Å²) >= 11 is 0. The van der Waals surface area contributed by atoms with Crippen molar-refractivity contribution in [3.8, 4) is 0 Å². The molecule has 1 rings (SSSR count). The van der Waals surface area contributed by atoms with Gasteiger partial charge in [0.25, 0.3) is 0 Å². The molecule has 0 saturated heterocycles. The first-order valence-electron chi connectivity index (χ1n) is 6.34. The van der Waals surface area contributed by atoms with Gasteiger partial charge in [0.2, 0.25) is 5.91 Å². The van der Waals surface area contributed by atoms with Gasteiger partial charge in [-0.2, -0.15) is 0 Å². The van der Waals surface area contributed by atoms with Gasteiger partial charge in [-0.05, 0) is 30.9 Å². The van der Waals surface area contributed by atoms with Crippen LogP contribution in [0.3, 0.4) is 0 Å². The molecular formula is C14H22N2O2. The van der Waals surface area contributed by atoms with Gasteiger partial charge in [-0.15, -0.1) is 0 Å². The normalized spacial score (nSPS) is 12.2. The lowest BCUT2D eigenvalue weighted by Crippen LogP contribution is -2.22. The third kappa shape index (κ3) is 5.80. The molecule has 0 aliphatic heterocycles. The first-order valence-corrected chi connectivity index (χ1v) is 6.34. The Balaban J connectivity index is 2.24. The standard InChI is InChI=1S/C14H22N2O2/c1-11(17)3-2-4-14(18)16-10-13-7-5-12(9-15)6-8-13/h5-8,11,17H,2-4,9-10,15H2,1H3,(H,16,18). The zero-order valence-corrected chi connectivity index (χ0v) is 10.9. The number of rotatable bonds is 7. The highest BCUT2D eigenvalue weighted by molar-refractivity contribution is 5.75. The predicted octanol–water partition coefficient (Wildman–Crippen LogP) is 1.31. The molecular weight excluding hydrogens is 228 g/mol. The molecule has 1 aromatic carbocycles. The summed E-state index contributed by atoms with van der Waals surface area (Å²) in [5, 5.41) is 11.9. The third-order valence-electron chi connectivity index (χ3n) is 2.77. The minimum Gasteiger partial charge on any atom is -0.393 e. The van der Waals surface area contributed by atoms with Gasteiger partial charge in [-0.3, -0.25) is 4.79 Å². The van der Waals surface area contributed by atoms with Gasteiger partial charge in [0.05, 0.1) is 6.10 Å². The smallest absolute Gasteiger partial charge is 0.220 e. The van der Waals surface area contributed by atoms with Crippen LogP contribution in [0.5, 0.6) is 0 Å². The number of amides is 1. The highest BCUT2D eigenvalue weighted by atomic mass is 16.3. The van der Waals surface area contributed by atoms with E-state index in [4.69, 9.17) is 10.8 Å². The Morgan fingerprint density at radius 1 is 1.33 bits per heavy atom. The molecule has 0 radical (unpaired) electrons. The van der Waals surface area contributed by atoms with Gasteiger partial charge in [-0.1, -0.05) is 24.3 Å². The summed E-state index contributed by atoms with van der Waals surface area (Å²) in [6.45, 7) is 2.81. The van der Waals surface area contributed by atoms with Crippen LogP contribution in [0.4, 0.5) is 0 Å². The van der Waals surface area contributed by atoms with E-state index in [-0.39, 0.29) is 12.0 Å². The Kier molecular flexibility index (Phi) is 6.39. The monoisotopic (exact) mass is 250 g/mol. The molecule has 0 spiro atoms. The van der Waals surface area contributed by atoms with Crippen LogP contribution in [0.15, 0.2) is 24.3 Å². The molecule has 4 heteroatoms. The molecule has 0 heterocycles. The zero-order valence-electron chi connectivity index (χ0n) is 10.9. The zero-order chi connectivity index (χ0) is 13.4. The highest BCUT2D eigenvalue weighted by Crippen LogP contribution is 2.04. The van der Waals surface area contributed by atoms with Crippen molar-refractivity contribution in [2.75, 3.05) is 0 Å². The Morgan fingerprint density at radius 3 is 2.50 bits per heavy atom. The molecule has 1 atom stereocenters. The first-order chi connectivity index (χ1) is 8.61. The van der Waals surface area contributed by atoms with Crippen molar-refractivity contribution in [2.24, 2.45) is 5.73 Å². The van der Waals surface area contributed by atoms with E-state index < -0.39 is 0 Å². The molecule has 1 aromatic rings. The number of aliphatic hydroxyl groups excluding tert-OH is 1. The molecule has 0 bridgehead atoms. The summed E-state index contributed by atoms with van der Waals surface area (Å²) in [4.78, 5) is 11.5. The molecule has 18 heavy (non-hydrogen) atoms. The molecule has 0 aliphatic rings. The van der Waals surface area contributed by atoms with Crippen LogP contribution < -0.4 is 11.1 Å². The minimum atomic E-state index is -0.332. The van der Waals surface area contributed by atoms with Gasteiger partial charge in [0.15, 0.2) is 0 Å².